The molecule has 1 N–H and O–H groups in total. The Morgan fingerprint density at radius 2 is 2.00 bits per heavy atom. The molecular formula is C12H16OS. The Morgan fingerprint density at radius 3 is 2.64 bits per heavy atom. The minimum atomic E-state index is -0.0498. The van der Waals surface area contributed by atoms with Crippen molar-refractivity contribution in [3.63, 3.8) is 0 Å². The van der Waals surface area contributed by atoms with Gasteiger partial charge in [0.25, 0.3) is 0 Å². The van der Waals surface area contributed by atoms with Gasteiger partial charge in [0, 0.05) is 10.6 Å². The number of benzene rings is 1. The van der Waals surface area contributed by atoms with E-state index in [9.17, 15) is 5.11 Å². The van der Waals surface area contributed by atoms with Crippen LogP contribution >= 0.6 is 11.8 Å². The molecule has 0 radical (unpaired) electrons. The minimum Gasteiger partial charge on any atom is -0.393 e. The summed E-state index contributed by atoms with van der Waals surface area (Å²) in [5, 5.41) is 9.65. The first-order valence-corrected chi connectivity index (χ1v) is 6.21. The van der Waals surface area contributed by atoms with E-state index < -0.39 is 0 Å². The van der Waals surface area contributed by atoms with E-state index in [4.69, 9.17) is 0 Å². The molecule has 1 aromatic rings. The highest BCUT2D eigenvalue weighted by Crippen LogP contribution is 2.31. The minimum absolute atomic E-state index is 0.0498. The zero-order valence-electron chi connectivity index (χ0n) is 8.23. The molecule has 1 aliphatic carbocycles. The topological polar surface area (TPSA) is 20.2 Å². The summed E-state index contributed by atoms with van der Waals surface area (Å²) in [4.78, 5) is 1.31. The van der Waals surface area contributed by atoms with Crippen molar-refractivity contribution >= 4 is 11.8 Å². The lowest BCUT2D eigenvalue weighted by molar-refractivity contribution is 0.143. The number of thioether (sulfide) groups is 1. The molecule has 1 nitrogen and oxygen atoms in total. The molecule has 0 heterocycles. The van der Waals surface area contributed by atoms with Crippen LogP contribution in [0.15, 0.2) is 35.2 Å². The van der Waals surface area contributed by atoms with Gasteiger partial charge in [-0.15, -0.1) is 11.8 Å². The molecule has 2 rings (SSSR count). The molecule has 0 bridgehead atoms. The van der Waals surface area contributed by atoms with Crippen LogP contribution in [0, 0.1) is 5.92 Å². The smallest absolute Gasteiger partial charge is 0.0576 e. The summed E-state index contributed by atoms with van der Waals surface area (Å²) < 4.78 is 0. The summed E-state index contributed by atoms with van der Waals surface area (Å²) in [6, 6.07) is 10.4. The summed E-state index contributed by atoms with van der Waals surface area (Å²) >= 11 is 1.86. The summed E-state index contributed by atoms with van der Waals surface area (Å²) in [5.41, 5.74) is 0. The van der Waals surface area contributed by atoms with Crippen LogP contribution in [0.5, 0.6) is 0 Å². The molecule has 0 spiro atoms. The van der Waals surface area contributed by atoms with Crippen molar-refractivity contribution < 1.29 is 5.11 Å². The number of hydrogen-bond donors (Lipinski definition) is 1. The normalized spacial score (nSPS) is 26.6. The van der Waals surface area contributed by atoms with E-state index in [1.165, 1.54) is 17.7 Å². The molecule has 0 amide bonds. The van der Waals surface area contributed by atoms with Crippen LogP contribution in [0.2, 0.25) is 0 Å². The zero-order chi connectivity index (χ0) is 9.80. The number of aliphatic hydroxyl groups is 1. The number of aliphatic hydroxyl groups excluding tert-OH is 1. The number of hydrogen-bond acceptors (Lipinski definition) is 2. The second-order valence-corrected chi connectivity index (χ2v) is 4.98. The first-order chi connectivity index (χ1) is 6.86. The van der Waals surface area contributed by atoms with Crippen molar-refractivity contribution in [1.29, 1.82) is 0 Å². The Hall–Kier alpha value is -0.470. The zero-order valence-corrected chi connectivity index (χ0v) is 9.04. The van der Waals surface area contributed by atoms with Crippen LogP contribution in [0.25, 0.3) is 0 Å². The molecule has 14 heavy (non-hydrogen) atoms. The molecule has 0 unspecified atom stereocenters. The van der Waals surface area contributed by atoms with Gasteiger partial charge in [0.05, 0.1) is 6.10 Å². The second kappa shape index (κ2) is 4.85. The summed E-state index contributed by atoms with van der Waals surface area (Å²) in [7, 11) is 0. The Bertz CT molecular complexity index is 273. The largest absolute Gasteiger partial charge is 0.393 e. The van der Waals surface area contributed by atoms with Crippen molar-refractivity contribution in [2.75, 3.05) is 5.75 Å². The molecule has 76 valence electrons. The Morgan fingerprint density at radius 1 is 1.21 bits per heavy atom. The van der Waals surface area contributed by atoms with Gasteiger partial charge in [-0.3, -0.25) is 0 Å². The lowest BCUT2D eigenvalue weighted by atomic mass is 10.1. The van der Waals surface area contributed by atoms with Crippen molar-refractivity contribution in [1.82, 2.24) is 0 Å². The van der Waals surface area contributed by atoms with Gasteiger partial charge in [-0.05, 0) is 30.9 Å². The fourth-order valence-corrected chi connectivity index (χ4v) is 3.08. The molecule has 1 saturated carbocycles. The summed E-state index contributed by atoms with van der Waals surface area (Å²) in [6.07, 6.45) is 3.34. The van der Waals surface area contributed by atoms with E-state index in [1.807, 2.05) is 17.8 Å². The average molecular weight is 208 g/mol. The van der Waals surface area contributed by atoms with Gasteiger partial charge in [0.2, 0.25) is 0 Å². The predicted octanol–water partition coefficient (Wildman–Crippen LogP) is 2.94. The van der Waals surface area contributed by atoms with Crippen molar-refractivity contribution in [3.8, 4) is 0 Å². The average Bonchev–Trinajstić information content (AvgIpc) is 2.63. The Labute approximate surface area is 89.5 Å². The van der Waals surface area contributed by atoms with Gasteiger partial charge in [0.15, 0.2) is 0 Å². The quantitative estimate of drug-likeness (QED) is 0.771. The highest BCUT2D eigenvalue weighted by atomic mass is 32.2. The van der Waals surface area contributed by atoms with E-state index in [1.54, 1.807) is 0 Å². The summed E-state index contributed by atoms with van der Waals surface area (Å²) in [5.74, 6) is 1.57. The third-order valence-electron chi connectivity index (χ3n) is 2.83. The van der Waals surface area contributed by atoms with Crippen LogP contribution in [-0.2, 0) is 0 Å². The van der Waals surface area contributed by atoms with Crippen LogP contribution in [-0.4, -0.2) is 17.0 Å². The SMILES string of the molecule is O[C@H]1CCC[C@@H]1CSc1ccccc1. The third-order valence-corrected chi connectivity index (χ3v) is 4.03. The van der Waals surface area contributed by atoms with Crippen molar-refractivity contribution in [2.24, 2.45) is 5.92 Å². The Balaban J connectivity index is 1.82. The lowest BCUT2D eigenvalue weighted by Gasteiger charge is -2.13. The van der Waals surface area contributed by atoms with E-state index in [0.717, 1.165) is 12.2 Å². The molecule has 0 aromatic heterocycles. The van der Waals surface area contributed by atoms with E-state index in [0.29, 0.717) is 5.92 Å². The van der Waals surface area contributed by atoms with Gasteiger partial charge < -0.3 is 5.11 Å². The third kappa shape index (κ3) is 2.52. The maximum atomic E-state index is 9.65. The molecule has 1 aliphatic rings. The van der Waals surface area contributed by atoms with Gasteiger partial charge in [-0.1, -0.05) is 24.6 Å². The molecular weight excluding hydrogens is 192 g/mol. The van der Waals surface area contributed by atoms with Crippen LogP contribution < -0.4 is 0 Å². The van der Waals surface area contributed by atoms with Gasteiger partial charge in [-0.2, -0.15) is 0 Å². The van der Waals surface area contributed by atoms with Crippen LogP contribution in [0.1, 0.15) is 19.3 Å². The monoisotopic (exact) mass is 208 g/mol. The number of rotatable bonds is 3. The molecule has 1 fully saturated rings. The summed E-state index contributed by atoms with van der Waals surface area (Å²) in [6.45, 7) is 0. The first-order valence-electron chi connectivity index (χ1n) is 5.22. The van der Waals surface area contributed by atoms with E-state index in [2.05, 4.69) is 24.3 Å². The van der Waals surface area contributed by atoms with E-state index in [-0.39, 0.29) is 6.10 Å². The van der Waals surface area contributed by atoms with E-state index >= 15 is 0 Å². The lowest BCUT2D eigenvalue weighted by Crippen LogP contribution is -2.14. The maximum Gasteiger partial charge on any atom is 0.0576 e. The van der Waals surface area contributed by atoms with Gasteiger partial charge >= 0.3 is 0 Å². The van der Waals surface area contributed by atoms with Crippen LogP contribution in [0.4, 0.5) is 0 Å². The Kier molecular flexibility index (Phi) is 3.49. The highest BCUT2D eigenvalue weighted by molar-refractivity contribution is 7.99. The first kappa shape index (κ1) is 10.1. The maximum absolute atomic E-state index is 9.65. The van der Waals surface area contributed by atoms with Gasteiger partial charge in [0.1, 0.15) is 0 Å². The predicted molar refractivity (Wildman–Crippen MR) is 60.5 cm³/mol. The van der Waals surface area contributed by atoms with Crippen molar-refractivity contribution in [2.45, 2.75) is 30.3 Å². The molecule has 2 heteroatoms. The fourth-order valence-electron chi connectivity index (χ4n) is 1.93. The highest BCUT2D eigenvalue weighted by Gasteiger charge is 2.24. The molecule has 2 atom stereocenters. The van der Waals surface area contributed by atoms with Crippen molar-refractivity contribution in [3.05, 3.63) is 30.3 Å². The molecule has 0 aliphatic heterocycles. The second-order valence-electron chi connectivity index (χ2n) is 3.88. The fraction of sp³-hybridized carbons (Fsp3) is 0.500. The van der Waals surface area contributed by atoms with Gasteiger partial charge in [-0.25, -0.2) is 0 Å². The standard InChI is InChI=1S/C12H16OS/c13-12-8-4-5-10(12)9-14-11-6-2-1-3-7-11/h1-3,6-7,10,12-13H,4-5,8-9H2/t10-,12+/m1/s1. The molecule has 0 saturated heterocycles. The molecule has 1 aromatic carbocycles. The van der Waals surface area contributed by atoms with Crippen LogP contribution in [0.3, 0.4) is 0 Å².